The van der Waals surface area contributed by atoms with Gasteiger partial charge in [-0.3, -0.25) is 4.79 Å². The van der Waals surface area contributed by atoms with Gasteiger partial charge in [-0.25, -0.2) is 5.43 Å². The highest BCUT2D eigenvalue weighted by Crippen LogP contribution is 2.20. The van der Waals surface area contributed by atoms with E-state index in [1.807, 2.05) is 19.0 Å². The molecule has 2 rings (SSSR count). The molecule has 0 radical (unpaired) electrons. The van der Waals surface area contributed by atoms with Gasteiger partial charge in [0.05, 0.1) is 16.8 Å². The summed E-state index contributed by atoms with van der Waals surface area (Å²) in [6, 6.07) is 8.17. The van der Waals surface area contributed by atoms with Gasteiger partial charge in [0.2, 0.25) is 0 Å². The molecule has 0 spiro atoms. The second kappa shape index (κ2) is 6.65. The van der Waals surface area contributed by atoms with Crippen LogP contribution in [0.1, 0.15) is 16.1 Å². The minimum atomic E-state index is -0.424. The van der Waals surface area contributed by atoms with Gasteiger partial charge in [0.25, 0.3) is 5.91 Å². The summed E-state index contributed by atoms with van der Waals surface area (Å²) in [6.07, 6.45) is 1.41. The van der Waals surface area contributed by atoms with E-state index in [4.69, 9.17) is 27.6 Å². The molecule has 0 saturated carbocycles. The minimum absolute atomic E-state index is 0.267. The van der Waals surface area contributed by atoms with Gasteiger partial charge in [-0.15, -0.1) is 0 Å². The van der Waals surface area contributed by atoms with Gasteiger partial charge in [-0.05, 0) is 24.3 Å². The van der Waals surface area contributed by atoms with Crippen molar-refractivity contribution in [1.29, 1.82) is 0 Å². The van der Waals surface area contributed by atoms with Crippen LogP contribution in [0, 0.1) is 0 Å². The molecule has 2 aromatic rings. The summed E-state index contributed by atoms with van der Waals surface area (Å²) in [5, 5.41) is 4.56. The van der Waals surface area contributed by atoms with E-state index in [-0.39, 0.29) is 5.02 Å². The zero-order valence-electron chi connectivity index (χ0n) is 11.4. The zero-order chi connectivity index (χ0) is 15.4. The molecule has 110 valence electrons. The molecule has 0 saturated heterocycles. The Morgan fingerprint density at radius 2 is 2.05 bits per heavy atom. The summed E-state index contributed by atoms with van der Waals surface area (Å²) in [4.78, 5) is 13.7. The lowest BCUT2D eigenvalue weighted by molar-refractivity contribution is 0.0955. The molecule has 0 fully saturated rings. The van der Waals surface area contributed by atoms with Crippen LogP contribution >= 0.6 is 23.2 Å². The first-order chi connectivity index (χ1) is 9.97. The number of hydrogen-bond acceptors (Lipinski definition) is 4. The number of benzene rings is 1. The van der Waals surface area contributed by atoms with Crippen LogP contribution in [0.15, 0.2) is 39.9 Å². The third-order valence-electron chi connectivity index (χ3n) is 2.59. The minimum Gasteiger partial charge on any atom is -0.440 e. The standard InChI is InChI=1S/C14H13Cl2N3O2/c1-19(2)13-6-4-10(21-13)8-17-18-14(20)11-5-3-9(15)7-12(11)16/h3-8H,1-2H3,(H,18,20)/b17-8-. The molecule has 1 heterocycles. The highest BCUT2D eigenvalue weighted by molar-refractivity contribution is 6.36. The van der Waals surface area contributed by atoms with Crippen LogP contribution in [0.3, 0.4) is 0 Å². The summed E-state index contributed by atoms with van der Waals surface area (Å²) in [7, 11) is 3.73. The van der Waals surface area contributed by atoms with Crippen LogP contribution in [-0.4, -0.2) is 26.2 Å². The highest BCUT2D eigenvalue weighted by Gasteiger charge is 2.09. The number of halogens is 2. The molecule has 0 aliphatic rings. The van der Waals surface area contributed by atoms with E-state index in [0.717, 1.165) is 0 Å². The molecule has 0 aliphatic carbocycles. The van der Waals surface area contributed by atoms with Crippen LogP contribution in [0.25, 0.3) is 0 Å². The van der Waals surface area contributed by atoms with Crippen molar-refractivity contribution in [3.8, 4) is 0 Å². The molecule has 0 aliphatic heterocycles. The quantitative estimate of drug-likeness (QED) is 0.692. The van der Waals surface area contributed by atoms with E-state index in [1.165, 1.54) is 18.3 Å². The van der Waals surface area contributed by atoms with E-state index in [9.17, 15) is 4.79 Å². The normalized spacial score (nSPS) is 10.9. The number of amides is 1. The largest absolute Gasteiger partial charge is 0.440 e. The van der Waals surface area contributed by atoms with Crippen molar-refractivity contribution in [3.05, 3.63) is 51.7 Å². The third kappa shape index (κ3) is 4.00. The third-order valence-corrected chi connectivity index (χ3v) is 3.13. The Labute approximate surface area is 132 Å². The Morgan fingerprint density at radius 3 is 2.67 bits per heavy atom. The fourth-order valence-corrected chi connectivity index (χ4v) is 2.03. The van der Waals surface area contributed by atoms with E-state index < -0.39 is 5.91 Å². The van der Waals surface area contributed by atoms with Gasteiger partial charge in [0.1, 0.15) is 5.76 Å². The summed E-state index contributed by atoms with van der Waals surface area (Å²) >= 11 is 11.7. The first-order valence-corrected chi connectivity index (χ1v) is 6.78. The van der Waals surface area contributed by atoms with Crippen molar-refractivity contribution >= 4 is 41.2 Å². The van der Waals surface area contributed by atoms with Gasteiger partial charge in [-0.2, -0.15) is 5.10 Å². The molecule has 1 amide bonds. The SMILES string of the molecule is CN(C)c1ccc(/C=N\NC(=O)c2ccc(Cl)cc2Cl)o1. The maximum absolute atomic E-state index is 11.9. The van der Waals surface area contributed by atoms with Crippen LogP contribution in [0.4, 0.5) is 5.88 Å². The maximum atomic E-state index is 11.9. The summed E-state index contributed by atoms with van der Waals surface area (Å²) in [5.74, 6) is 0.803. The van der Waals surface area contributed by atoms with Gasteiger partial charge >= 0.3 is 0 Å². The lowest BCUT2D eigenvalue weighted by atomic mass is 10.2. The van der Waals surface area contributed by atoms with Crippen LogP contribution in [0.5, 0.6) is 0 Å². The Bertz CT molecular complexity index is 681. The first kappa shape index (κ1) is 15.4. The van der Waals surface area contributed by atoms with E-state index >= 15 is 0 Å². The van der Waals surface area contributed by atoms with Crippen molar-refractivity contribution in [1.82, 2.24) is 5.43 Å². The number of nitrogens with one attached hydrogen (secondary N) is 1. The molecule has 1 N–H and O–H groups in total. The van der Waals surface area contributed by atoms with E-state index in [0.29, 0.717) is 22.2 Å². The second-order valence-corrected chi connectivity index (χ2v) is 5.24. The fourth-order valence-electron chi connectivity index (χ4n) is 1.54. The molecular formula is C14H13Cl2N3O2. The summed E-state index contributed by atoms with van der Waals surface area (Å²) in [6.45, 7) is 0. The van der Waals surface area contributed by atoms with Crippen molar-refractivity contribution < 1.29 is 9.21 Å². The van der Waals surface area contributed by atoms with Gasteiger partial charge < -0.3 is 9.32 Å². The molecule has 5 nitrogen and oxygen atoms in total. The molecule has 0 bridgehead atoms. The molecule has 7 heteroatoms. The highest BCUT2D eigenvalue weighted by atomic mass is 35.5. The molecular weight excluding hydrogens is 313 g/mol. The first-order valence-electron chi connectivity index (χ1n) is 6.03. The van der Waals surface area contributed by atoms with Crippen molar-refractivity contribution in [3.63, 3.8) is 0 Å². The number of rotatable bonds is 4. The van der Waals surface area contributed by atoms with Gasteiger partial charge in [0, 0.05) is 25.2 Å². The number of furan rings is 1. The van der Waals surface area contributed by atoms with E-state index in [1.54, 1.807) is 18.2 Å². The van der Waals surface area contributed by atoms with Crippen LogP contribution in [0.2, 0.25) is 10.0 Å². The smallest absolute Gasteiger partial charge is 0.272 e. The second-order valence-electron chi connectivity index (χ2n) is 4.39. The monoisotopic (exact) mass is 325 g/mol. The molecule has 1 aromatic carbocycles. The van der Waals surface area contributed by atoms with Crippen molar-refractivity contribution in [2.24, 2.45) is 5.10 Å². The average Bonchev–Trinajstić information content (AvgIpc) is 2.87. The number of hydrazone groups is 1. The molecule has 0 unspecified atom stereocenters. The molecule has 0 atom stereocenters. The number of nitrogens with zero attached hydrogens (tertiary/aromatic N) is 2. The number of anilines is 1. The fraction of sp³-hybridized carbons (Fsp3) is 0.143. The summed E-state index contributed by atoms with van der Waals surface area (Å²) in [5.41, 5.74) is 2.67. The molecule has 21 heavy (non-hydrogen) atoms. The Hall–Kier alpha value is -1.98. The van der Waals surface area contributed by atoms with Crippen LogP contribution < -0.4 is 10.3 Å². The van der Waals surface area contributed by atoms with Crippen molar-refractivity contribution in [2.75, 3.05) is 19.0 Å². The van der Waals surface area contributed by atoms with Crippen molar-refractivity contribution in [2.45, 2.75) is 0 Å². The number of carbonyl (C=O) groups is 1. The lowest BCUT2D eigenvalue weighted by Gasteiger charge is -2.05. The topological polar surface area (TPSA) is 57.8 Å². The zero-order valence-corrected chi connectivity index (χ0v) is 12.9. The van der Waals surface area contributed by atoms with Crippen LogP contribution in [-0.2, 0) is 0 Å². The van der Waals surface area contributed by atoms with E-state index in [2.05, 4.69) is 10.5 Å². The Balaban J connectivity index is 2.01. The van der Waals surface area contributed by atoms with Gasteiger partial charge in [-0.1, -0.05) is 23.2 Å². The Kier molecular flexibility index (Phi) is 4.88. The predicted molar refractivity (Wildman–Crippen MR) is 84.6 cm³/mol. The summed E-state index contributed by atoms with van der Waals surface area (Å²) < 4.78 is 5.45. The van der Waals surface area contributed by atoms with Gasteiger partial charge in [0.15, 0.2) is 5.88 Å². The Morgan fingerprint density at radius 1 is 1.29 bits per heavy atom. The predicted octanol–water partition coefficient (Wildman–Crippen LogP) is 3.42. The molecule has 1 aromatic heterocycles. The lowest BCUT2D eigenvalue weighted by Crippen LogP contribution is -2.17. The average molecular weight is 326 g/mol. The number of carbonyl (C=O) groups excluding carboxylic acids is 1. The number of hydrogen-bond donors (Lipinski definition) is 1. The maximum Gasteiger partial charge on any atom is 0.272 e.